The number of anilines is 1. The van der Waals surface area contributed by atoms with E-state index >= 15 is 0 Å². The number of piperazine rings is 1. The smallest absolute Gasteiger partial charge is 0.308 e. The molecule has 2 N–H and O–H groups in total. The summed E-state index contributed by atoms with van der Waals surface area (Å²) < 4.78 is 41.0. The molecule has 8 heteroatoms. The molecule has 1 heterocycles. The molecule has 1 aliphatic rings. The van der Waals surface area contributed by atoms with Crippen molar-refractivity contribution < 1.29 is 18.0 Å². The Bertz CT molecular complexity index is 891. The summed E-state index contributed by atoms with van der Waals surface area (Å²) in [6, 6.07) is 5.92. The van der Waals surface area contributed by atoms with Crippen molar-refractivity contribution in [2.24, 2.45) is 0 Å². The first kappa shape index (κ1) is 25.2. The van der Waals surface area contributed by atoms with Gasteiger partial charge in [-0.3, -0.25) is 0 Å². The maximum absolute atomic E-state index is 13.7. The minimum absolute atomic E-state index is 0.00580. The van der Waals surface area contributed by atoms with Crippen molar-refractivity contribution in [2.75, 3.05) is 44.6 Å². The van der Waals surface area contributed by atoms with Gasteiger partial charge in [0.25, 0.3) is 0 Å². The number of hydrogen-bond acceptors (Lipinski definition) is 3. The van der Waals surface area contributed by atoms with Gasteiger partial charge in [0.1, 0.15) is 0 Å². The summed E-state index contributed by atoms with van der Waals surface area (Å²) in [5, 5.41) is 5.02. The number of nitrogens with zero attached hydrogens (tertiary/aromatic N) is 2. The van der Waals surface area contributed by atoms with Crippen LogP contribution in [-0.4, -0.2) is 61.3 Å². The van der Waals surface area contributed by atoms with Crippen LogP contribution in [0.4, 0.5) is 23.7 Å². The van der Waals surface area contributed by atoms with Gasteiger partial charge in [0.2, 0.25) is 0 Å². The van der Waals surface area contributed by atoms with Crippen molar-refractivity contribution in [1.29, 1.82) is 0 Å². The Morgan fingerprint density at radius 3 is 2.53 bits per heavy atom. The second-order valence-corrected chi connectivity index (χ2v) is 7.36. The van der Waals surface area contributed by atoms with Crippen molar-refractivity contribution in [3.63, 3.8) is 0 Å². The van der Waals surface area contributed by atoms with E-state index in [1.807, 2.05) is 4.90 Å². The third kappa shape index (κ3) is 8.25. The van der Waals surface area contributed by atoms with E-state index in [4.69, 9.17) is 6.42 Å². The molecule has 1 saturated heterocycles. The average Bonchev–Trinajstić information content (AvgIpc) is 2.76. The summed E-state index contributed by atoms with van der Waals surface area (Å²) >= 11 is 0. The van der Waals surface area contributed by atoms with Crippen LogP contribution in [0.3, 0.4) is 0 Å². The summed E-state index contributed by atoms with van der Waals surface area (Å²) in [5.41, 5.74) is 0.290. The Hall–Kier alpha value is -3.02. The number of likely N-dealkylation sites (N-methyl/N-ethyl adjacent to an activating group) is 1. The first-order chi connectivity index (χ1) is 15.2. The van der Waals surface area contributed by atoms with Crippen LogP contribution in [0.1, 0.15) is 18.9 Å². The molecule has 0 bridgehead atoms. The van der Waals surface area contributed by atoms with Crippen molar-refractivity contribution >= 4 is 11.7 Å². The van der Waals surface area contributed by atoms with Gasteiger partial charge in [-0.2, -0.15) is 13.2 Å². The molecule has 5 nitrogen and oxygen atoms in total. The number of hydrogen-bond donors (Lipinski definition) is 2. The van der Waals surface area contributed by atoms with E-state index in [1.165, 1.54) is 12.2 Å². The summed E-state index contributed by atoms with van der Waals surface area (Å²) in [6.07, 6.45) is 4.27. The van der Waals surface area contributed by atoms with Crippen molar-refractivity contribution in [1.82, 2.24) is 15.1 Å². The number of rotatable bonds is 8. The summed E-state index contributed by atoms with van der Waals surface area (Å²) in [5.74, 6) is 2.45. The molecule has 0 aliphatic carbocycles. The molecule has 0 spiro atoms. The van der Waals surface area contributed by atoms with E-state index in [-0.39, 0.29) is 12.1 Å². The number of alkyl halides is 3. The van der Waals surface area contributed by atoms with Gasteiger partial charge in [-0.05, 0) is 43.3 Å². The van der Waals surface area contributed by atoms with Gasteiger partial charge in [0.15, 0.2) is 0 Å². The molecular formula is C24H29F3N4O. The third-order valence-corrected chi connectivity index (χ3v) is 5.15. The predicted octanol–water partition coefficient (Wildman–Crippen LogP) is 4.38. The second kappa shape index (κ2) is 12.1. The Morgan fingerprint density at radius 1 is 1.25 bits per heavy atom. The molecule has 0 atom stereocenters. The zero-order valence-corrected chi connectivity index (χ0v) is 18.2. The van der Waals surface area contributed by atoms with E-state index in [9.17, 15) is 18.0 Å². The number of amides is 2. The Morgan fingerprint density at radius 2 is 1.94 bits per heavy atom. The lowest BCUT2D eigenvalue weighted by atomic mass is 10.1. The summed E-state index contributed by atoms with van der Waals surface area (Å²) in [4.78, 5) is 16.6. The van der Waals surface area contributed by atoms with Crippen molar-refractivity contribution in [2.45, 2.75) is 19.5 Å². The number of benzene rings is 1. The van der Waals surface area contributed by atoms with Gasteiger partial charge in [-0.15, -0.1) is 6.42 Å². The van der Waals surface area contributed by atoms with Crippen LogP contribution < -0.4 is 10.6 Å². The number of terminal acetylenes is 1. The molecule has 1 aromatic rings. The van der Waals surface area contributed by atoms with E-state index < -0.39 is 17.8 Å². The van der Waals surface area contributed by atoms with Crippen LogP contribution in [0.15, 0.2) is 60.3 Å². The maximum Gasteiger partial charge on any atom is 0.412 e. The van der Waals surface area contributed by atoms with E-state index in [2.05, 4.69) is 35.0 Å². The van der Waals surface area contributed by atoms with Gasteiger partial charge in [-0.1, -0.05) is 31.6 Å². The molecule has 0 radical (unpaired) electrons. The number of allylic oxidation sites excluding steroid dienone is 3. The summed E-state index contributed by atoms with van der Waals surface area (Å²) in [7, 11) is 0. The lowest BCUT2D eigenvalue weighted by Crippen LogP contribution is -2.46. The average molecular weight is 447 g/mol. The van der Waals surface area contributed by atoms with Crippen LogP contribution in [-0.2, 0) is 0 Å². The molecule has 0 aromatic heterocycles. The lowest BCUT2D eigenvalue weighted by Gasteiger charge is -2.34. The fourth-order valence-corrected chi connectivity index (χ4v) is 3.32. The third-order valence-electron chi connectivity index (χ3n) is 5.15. The van der Waals surface area contributed by atoms with Crippen LogP contribution >= 0.6 is 0 Å². The van der Waals surface area contributed by atoms with Crippen LogP contribution in [0.2, 0.25) is 0 Å². The quantitative estimate of drug-likeness (QED) is 0.460. The molecule has 1 fully saturated rings. The first-order valence-electron chi connectivity index (χ1n) is 10.4. The molecule has 1 aliphatic heterocycles. The molecule has 2 amide bonds. The summed E-state index contributed by atoms with van der Waals surface area (Å²) in [6.45, 7) is 10.0. The molecule has 1 aromatic carbocycles. The number of nitrogens with one attached hydrogen (secondary N) is 2. The first-order valence-corrected chi connectivity index (χ1v) is 10.4. The van der Waals surface area contributed by atoms with E-state index in [0.29, 0.717) is 17.8 Å². The van der Waals surface area contributed by atoms with E-state index in [0.717, 1.165) is 38.8 Å². The SMILES string of the molecule is C#Cc1cccc(NC(=O)NC(=CC=C)C=C(CCN2CCN(CC)CC2)C(F)(F)F)c1. The predicted molar refractivity (Wildman–Crippen MR) is 122 cm³/mol. The molecule has 0 unspecified atom stereocenters. The zero-order chi connectivity index (χ0) is 23.6. The monoisotopic (exact) mass is 446 g/mol. The topological polar surface area (TPSA) is 47.6 Å². The normalized spacial score (nSPS) is 16.3. The van der Waals surface area contributed by atoms with Gasteiger partial charge in [-0.25, -0.2) is 4.79 Å². The second-order valence-electron chi connectivity index (χ2n) is 7.36. The van der Waals surface area contributed by atoms with Crippen molar-refractivity contribution in [3.05, 3.63) is 65.9 Å². The highest BCUT2D eigenvalue weighted by atomic mass is 19.4. The Kier molecular flexibility index (Phi) is 9.57. The zero-order valence-electron chi connectivity index (χ0n) is 18.2. The van der Waals surface area contributed by atoms with Gasteiger partial charge >= 0.3 is 12.2 Å². The number of carbonyl (C=O) groups excluding carboxylic acids is 1. The fraction of sp³-hybridized carbons (Fsp3) is 0.375. The molecule has 32 heavy (non-hydrogen) atoms. The highest BCUT2D eigenvalue weighted by molar-refractivity contribution is 5.90. The molecule has 2 rings (SSSR count). The van der Waals surface area contributed by atoms with E-state index in [1.54, 1.807) is 24.3 Å². The largest absolute Gasteiger partial charge is 0.412 e. The minimum atomic E-state index is -4.51. The highest BCUT2D eigenvalue weighted by Gasteiger charge is 2.33. The standard InChI is InChI=1S/C24H29F3N4O/c1-4-8-21(28-23(32)29-22-10-7-9-19(5-2)17-22)18-20(24(25,26)27)11-12-31-15-13-30(6-3)14-16-31/h2,4,7-10,17-18H,1,6,11-16H2,3H3,(H2,28,29,32). The number of urea groups is 1. The molecule has 172 valence electrons. The van der Waals surface area contributed by atoms with Crippen LogP contribution in [0.25, 0.3) is 0 Å². The Labute approximate surface area is 187 Å². The lowest BCUT2D eigenvalue weighted by molar-refractivity contribution is -0.0947. The van der Waals surface area contributed by atoms with Gasteiger partial charge in [0, 0.05) is 55.2 Å². The van der Waals surface area contributed by atoms with Gasteiger partial charge in [0.05, 0.1) is 0 Å². The minimum Gasteiger partial charge on any atom is -0.308 e. The van der Waals surface area contributed by atoms with Gasteiger partial charge < -0.3 is 20.4 Å². The van der Waals surface area contributed by atoms with Crippen LogP contribution in [0.5, 0.6) is 0 Å². The number of carbonyl (C=O) groups is 1. The Balaban J connectivity index is 2.06. The highest BCUT2D eigenvalue weighted by Crippen LogP contribution is 2.29. The van der Waals surface area contributed by atoms with Crippen molar-refractivity contribution in [3.8, 4) is 12.3 Å². The molecule has 0 saturated carbocycles. The fourth-order valence-electron chi connectivity index (χ4n) is 3.32. The maximum atomic E-state index is 13.7. The molecular weight excluding hydrogens is 417 g/mol. The van der Waals surface area contributed by atoms with Crippen LogP contribution in [0, 0.1) is 12.3 Å². The number of halogens is 3.